The molecule has 2 unspecified atom stereocenters. The number of allylic oxidation sites excluding steroid dienone is 3. The number of Topliss-reactive ketones (excluding diaryl/α,β-unsaturated/α-hetero) is 1. The molecule has 0 spiro atoms. The average molecular weight is 387 g/mol. The fourth-order valence-electron chi connectivity index (χ4n) is 4.10. The van der Waals surface area contributed by atoms with Gasteiger partial charge in [-0.2, -0.15) is 0 Å². The van der Waals surface area contributed by atoms with Gasteiger partial charge < -0.3 is 19.9 Å². The van der Waals surface area contributed by atoms with Crippen molar-refractivity contribution in [3.63, 3.8) is 0 Å². The van der Waals surface area contributed by atoms with Gasteiger partial charge >= 0.3 is 0 Å². The van der Waals surface area contributed by atoms with Crippen LogP contribution in [-0.2, 0) is 19.1 Å². The Balaban J connectivity index is 1.74. The molecule has 2 N–H and O–H groups in total. The van der Waals surface area contributed by atoms with Crippen molar-refractivity contribution in [2.75, 3.05) is 6.54 Å². The number of aliphatic hydroxyl groups excluding tert-OH is 1. The Morgan fingerprint density at radius 2 is 2.07 bits per heavy atom. The van der Waals surface area contributed by atoms with Crippen molar-refractivity contribution in [3.05, 3.63) is 46.8 Å². The van der Waals surface area contributed by atoms with Crippen LogP contribution in [0.4, 0.5) is 0 Å². The van der Waals surface area contributed by atoms with Crippen LogP contribution in [0.25, 0.3) is 0 Å². The number of hydrogen-bond acceptors (Lipinski definition) is 5. The number of nitrogens with one attached hydrogen (secondary N) is 1. The van der Waals surface area contributed by atoms with E-state index in [2.05, 4.69) is 31.3 Å². The summed E-state index contributed by atoms with van der Waals surface area (Å²) in [6.45, 7) is 10.1. The van der Waals surface area contributed by atoms with E-state index in [0.717, 1.165) is 17.6 Å². The van der Waals surface area contributed by atoms with Crippen molar-refractivity contribution in [2.45, 2.75) is 59.0 Å². The molecule has 0 aromatic rings. The minimum atomic E-state index is -0.676. The van der Waals surface area contributed by atoms with Gasteiger partial charge in [-0.3, -0.25) is 9.59 Å². The van der Waals surface area contributed by atoms with Crippen LogP contribution in [0.5, 0.6) is 0 Å². The Kier molecular flexibility index (Phi) is 5.64. The molecule has 0 aromatic heterocycles. The molecule has 0 aliphatic carbocycles. The Hall–Kier alpha value is -2.18. The van der Waals surface area contributed by atoms with E-state index in [9.17, 15) is 14.7 Å². The first-order chi connectivity index (χ1) is 13.1. The van der Waals surface area contributed by atoms with Crippen LogP contribution in [0.2, 0.25) is 0 Å². The second-order valence-corrected chi connectivity index (χ2v) is 8.14. The van der Waals surface area contributed by atoms with Crippen LogP contribution < -0.4 is 5.32 Å². The minimum Gasteiger partial charge on any atom is -0.507 e. The molecule has 152 valence electrons. The van der Waals surface area contributed by atoms with Gasteiger partial charge in [0.15, 0.2) is 11.6 Å². The fourth-order valence-corrected chi connectivity index (χ4v) is 4.10. The third-order valence-corrected chi connectivity index (χ3v) is 5.93. The van der Waals surface area contributed by atoms with E-state index in [1.807, 2.05) is 20.8 Å². The maximum atomic E-state index is 11.7. The SMILES string of the molecule is CC1=CC[C@@H]2O[C@@]1(C)OC([C@H](C)/C=C(C)/C=C/C(O)=C1/C(=O)CNC1=O)C2C. The maximum absolute atomic E-state index is 11.7. The molecule has 0 radical (unpaired) electrons. The van der Waals surface area contributed by atoms with Crippen LogP contribution in [0.3, 0.4) is 0 Å². The molecule has 0 saturated carbocycles. The highest BCUT2D eigenvalue weighted by Gasteiger charge is 2.47. The second-order valence-electron chi connectivity index (χ2n) is 8.14. The Labute approximate surface area is 166 Å². The molecule has 2 bridgehead atoms. The van der Waals surface area contributed by atoms with Gasteiger partial charge in [0, 0.05) is 11.8 Å². The normalized spacial score (nSPS) is 36.4. The lowest BCUT2D eigenvalue weighted by atomic mass is 9.82. The highest BCUT2D eigenvalue weighted by Crippen LogP contribution is 2.43. The molecule has 3 aliphatic heterocycles. The lowest BCUT2D eigenvalue weighted by molar-refractivity contribution is -0.318. The summed E-state index contributed by atoms with van der Waals surface area (Å²) in [5, 5.41) is 12.5. The lowest BCUT2D eigenvalue weighted by Crippen LogP contribution is -2.55. The van der Waals surface area contributed by atoms with Gasteiger partial charge in [-0.05, 0) is 38.8 Å². The zero-order valence-corrected chi connectivity index (χ0v) is 17.1. The van der Waals surface area contributed by atoms with Gasteiger partial charge in [0.25, 0.3) is 5.91 Å². The van der Waals surface area contributed by atoms with Crippen LogP contribution in [0.15, 0.2) is 46.8 Å². The van der Waals surface area contributed by atoms with E-state index in [1.54, 1.807) is 6.08 Å². The Morgan fingerprint density at radius 1 is 1.36 bits per heavy atom. The van der Waals surface area contributed by atoms with Crippen LogP contribution in [0, 0.1) is 11.8 Å². The Morgan fingerprint density at radius 3 is 2.71 bits per heavy atom. The van der Waals surface area contributed by atoms with Gasteiger partial charge in [0.1, 0.15) is 11.3 Å². The second kappa shape index (κ2) is 7.68. The molecule has 28 heavy (non-hydrogen) atoms. The van der Waals surface area contributed by atoms with Gasteiger partial charge in [-0.1, -0.05) is 37.6 Å². The van der Waals surface area contributed by atoms with E-state index >= 15 is 0 Å². The molecular formula is C22H29NO5. The smallest absolute Gasteiger partial charge is 0.259 e. The molecule has 3 heterocycles. The van der Waals surface area contributed by atoms with Gasteiger partial charge in [-0.25, -0.2) is 0 Å². The van der Waals surface area contributed by atoms with E-state index in [0.29, 0.717) is 0 Å². The zero-order chi connectivity index (χ0) is 20.6. The molecule has 0 aromatic carbocycles. The van der Waals surface area contributed by atoms with Crippen molar-refractivity contribution < 1.29 is 24.2 Å². The lowest BCUT2D eigenvalue weighted by Gasteiger charge is -2.50. The summed E-state index contributed by atoms with van der Waals surface area (Å²) in [5.41, 5.74) is 1.83. The van der Waals surface area contributed by atoms with E-state index in [4.69, 9.17) is 9.47 Å². The predicted octanol–water partition coefficient (Wildman–Crippen LogP) is 3.12. The van der Waals surface area contributed by atoms with Crippen LogP contribution >= 0.6 is 0 Å². The third kappa shape index (κ3) is 3.84. The average Bonchev–Trinajstić information content (AvgIpc) is 2.97. The van der Waals surface area contributed by atoms with Crippen molar-refractivity contribution in [2.24, 2.45) is 11.8 Å². The number of carbonyl (C=O) groups is 2. The molecule has 2 fully saturated rings. The number of ether oxygens (including phenoxy) is 2. The minimum absolute atomic E-state index is 0.00453. The summed E-state index contributed by atoms with van der Waals surface area (Å²) >= 11 is 0. The van der Waals surface area contributed by atoms with Gasteiger partial charge in [-0.15, -0.1) is 0 Å². The first-order valence-corrected chi connectivity index (χ1v) is 9.76. The number of hydrogen-bond donors (Lipinski definition) is 2. The quantitative estimate of drug-likeness (QED) is 0.255. The summed E-state index contributed by atoms with van der Waals surface area (Å²) in [7, 11) is 0. The monoisotopic (exact) mass is 387 g/mol. The highest BCUT2D eigenvalue weighted by atomic mass is 16.7. The molecule has 6 heteroatoms. The van der Waals surface area contributed by atoms with E-state index < -0.39 is 17.5 Å². The number of fused-ring (bicyclic) bond motifs is 2. The summed E-state index contributed by atoms with van der Waals surface area (Å²) in [6.07, 6.45) is 8.42. The van der Waals surface area contributed by atoms with Crippen molar-refractivity contribution in [1.29, 1.82) is 0 Å². The van der Waals surface area contributed by atoms with E-state index in [-0.39, 0.29) is 41.9 Å². The van der Waals surface area contributed by atoms with Crippen molar-refractivity contribution in [3.8, 4) is 0 Å². The predicted molar refractivity (Wildman–Crippen MR) is 105 cm³/mol. The summed E-state index contributed by atoms with van der Waals surface area (Å²) in [5.74, 6) is -1.54. The summed E-state index contributed by atoms with van der Waals surface area (Å²) < 4.78 is 12.5. The van der Waals surface area contributed by atoms with Gasteiger partial charge in [0.2, 0.25) is 0 Å². The van der Waals surface area contributed by atoms with Crippen molar-refractivity contribution >= 4 is 11.7 Å². The molecule has 2 saturated heterocycles. The zero-order valence-electron chi connectivity index (χ0n) is 17.1. The molecule has 5 atom stereocenters. The number of amides is 1. The number of rotatable bonds is 4. The molecule has 3 rings (SSSR count). The molecular weight excluding hydrogens is 358 g/mol. The number of ketones is 1. The molecule has 3 aliphatic rings. The van der Waals surface area contributed by atoms with Crippen LogP contribution in [0.1, 0.15) is 41.0 Å². The van der Waals surface area contributed by atoms with E-state index in [1.165, 1.54) is 6.08 Å². The summed E-state index contributed by atoms with van der Waals surface area (Å²) in [6, 6.07) is 0. The highest BCUT2D eigenvalue weighted by molar-refractivity contribution is 6.25. The molecule has 6 nitrogen and oxygen atoms in total. The van der Waals surface area contributed by atoms with Crippen LogP contribution in [-0.4, -0.2) is 41.3 Å². The fraction of sp³-hybridized carbons (Fsp3) is 0.545. The largest absolute Gasteiger partial charge is 0.507 e. The number of carbonyl (C=O) groups excluding carboxylic acids is 2. The van der Waals surface area contributed by atoms with Crippen molar-refractivity contribution in [1.82, 2.24) is 5.32 Å². The maximum Gasteiger partial charge on any atom is 0.259 e. The third-order valence-electron chi connectivity index (χ3n) is 5.93. The summed E-state index contributed by atoms with van der Waals surface area (Å²) in [4.78, 5) is 23.3. The van der Waals surface area contributed by atoms with Gasteiger partial charge in [0.05, 0.1) is 18.8 Å². The first-order valence-electron chi connectivity index (χ1n) is 9.76. The standard InChI is InChI=1S/C22H29NO5/c1-12(6-8-16(24)19-17(25)11-23-21(19)26)10-13(2)20-15(4)18-9-7-14(3)22(5,27-18)28-20/h6-8,10,13,15,18,20,24H,9,11H2,1-5H3,(H,23,26)/b8-6+,12-10+,19-16+/t13-,15?,18+,20?,22+/m1/s1. The number of aliphatic hydroxyl groups is 1. The molecule has 1 amide bonds. The Bertz CT molecular complexity index is 788. The first kappa shape index (κ1) is 20.6. The topological polar surface area (TPSA) is 84.9 Å².